The molecule has 3 amide bonds. The van der Waals surface area contributed by atoms with Crippen molar-refractivity contribution >= 4 is 17.9 Å². The van der Waals surface area contributed by atoms with Gasteiger partial charge in [-0.15, -0.1) is 0 Å². The largest absolute Gasteiger partial charge is 0.480 e. The smallest absolute Gasteiger partial charge is 0.326 e. The molecule has 8 nitrogen and oxygen atoms in total. The number of carboxylic acids is 1. The quantitative estimate of drug-likeness (QED) is 0.505. The summed E-state index contributed by atoms with van der Waals surface area (Å²) in [6.07, 6.45) is 0.273. The second-order valence-electron chi connectivity index (χ2n) is 3.95. The van der Waals surface area contributed by atoms with E-state index < -0.39 is 18.0 Å². The Bertz CT molecular complexity index is 321. The van der Waals surface area contributed by atoms with Gasteiger partial charge in [0.15, 0.2) is 0 Å². The van der Waals surface area contributed by atoms with Crippen LogP contribution in [0.25, 0.3) is 0 Å². The molecule has 1 atom stereocenters. The molecule has 0 aromatic rings. The van der Waals surface area contributed by atoms with Crippen molar-refractivity contribution in [3.05, 3.63) is 0 Å². The second kappa shape index (κ2) is 9.15. The number of ether oxygens (including phenoxy) is 1. The van der Waals surface area contributed by atoms with Crippen molar-refractivity contribution in [1.82, 2.24) is 15.5 Å². The molecule has 0 aromatic heterocycles. The SMILES string of the molecule is CC[C@@H](NC(=O)N(C)CC(=O)NCCOC)C(=O)O. The van der Waals surface area contributed by atoms with Crippen molar-refractivity contribution in [2.24, 2.45) is 0 Å². The lowest BCUT2D eigenvalue weighted by Gasteiger charge is -2.20. The van der Waals surface area contributed by atoms with Crippen LogP contribution in [0.4, 0.5) is 4.79 Å². The van der Waals surface area contributed by atoms with Gasteiger partial charge in [-0.1, -0.05) is 6.92 Å². The molecule has 0 unspecified atom stereocenters. The van der Waals surface area contributed by atoms with Gasteiger partial charge in [0.25, 0.3) is 0 Å². The zero-order valence-electron chi connectivity index (χ0n) is 11.4. The van der Waals surface area contributed by atoms with Crippen LogP contribution in [0.3, 0.4) is 0 Å². The Kier molecular flexibility index (Phi) is 8.27. The first-order chi connectivity index (χ1) is 8.92. The number of hydrogen-bond acceptors (Lipinski definition) is 4. The first-order valence-corrected chi connectivity index (χ1v) is 5.92. The van der Waals surface area contributed by atoms with E-state index in [0.717, 1.165) is 4.90 Å². The van der Waals surface area contributed by atoms with Gasteiger partial charge in [0, 0.05) is 20.7 Å². The van der Waals surface area contributed by atoms with Crippen LogP contribution in [0.2, 0.25) is 0 Å². The van der Waals surface area contributed by atoms with E-state index in [1.165, 1.54) is 14.2 Å². The highest BCUT2D eigenvalue weighted by Crippen LogP contribution is 1.93. The minimum Gasteiger partial charge on any atom is -0.480 e. The molecule has 0 aromatic carbocycles. The van der Waals surface area contributed by atoms with Gasteiger partial charge in [0.2, 0.25) is 5.91 Å². The van der Waals surface area contributed by atoms with Crippen LogP contribution < -0.4 is 10.6 Å². The third-order valence-electron chi connectivity index (χ3n) is 2.36. The molecule has 110 valence electrons. The zero-order chi connectivity index (χ0) is 14.8. The molecular formula is C11H21N3O5. The molecule has 0 aliphatic rings. The summed E-state index contributed by atoms with van der Waals surface area (Å²) in [6, 6.07) is -1.55. The van der Waals surface area contributed by atoms with Gasteiger partial charge < -0.3 is 25.4 Å². The Morgan fingerprint density at radius 2 is 2.00 bits per heavy atom. The molecule has 0 aliphatic carbocycles. The number of rotatable bonds is 8. The molecule has 0 fully saturated rings. The Balaban J connectivity index is 4.12. The fraction of sp³-hybridized carbons (Fsp3) is 0.727. The number of likely N-dealkylation sites (N-methyl/N-ethyl adjacent to an activating group) is 1. The lowest BCUT2D eigenvalue weighted by Crippen LogP contribution is -2.49. The highest BCUT2D eigenvalue weighted by Gasteiger charge is 2.20. The topological polar surface area (TPSA) is 108 Å². The van der Waals surface area contributed by atoms with Gasteiger partial charge in [-0.2, -0.15) is 0 Å². The third kappa shape index (κ3) is 7.24. The van der Waals surface area contributed by atoms with Crippen molar-refractivity contribution in [3.63, 3.8) is 0 Å². The summed E-state index contributed by atoms with van der Waals surface area (Å²) in [5, 5.41) is 13.7. The molecule has 8 heteroatoms. The standard InChI is InChI=1S/C11H21N3O5/c1-4-8(10(16)17)13-11(18)14(2)7-9(15)12-5-6-19-3/h8H,4-7H2,1-3H3,(H,12,15)(H,13,18)(H,16,17)/t8-/m1/s1. The predicted molar refractivity (Wildman–Crippen MR) is 67.8 cm³/mol. The number of urea groups is 1. The summed E-state index contributed by atoms with van der Waals surface area (Å²) in [4.78, 5) is 34.9. The maximum absolute atomic E-state index is 11.6. The lowest BCUT2D eigenvalue weighted by molar-refractivity contribution is -0.139. The summed E-state index contributed by atoms with van der Waals surface area (Å²) in [7, 11) is 2.93. The van der Waals surface area contributed by atoms with E-state index in [2.05, 4.69) is 10.6 Å². The number of hydrogen-bond donors (Lipinski definition) is 3. The Hall–Kier alpha value is -1.83. The Morgan fingerprint density at radius 3 is 2.47 bits per heavy atom. The monoisotopic (exact) mass is 275 g/mol. The fourth-order valence-corrected chi connectivity index (χ4v) is 1.23. The van der Waals surface area contributed by atoms with Crippen molar-refractivity contribution in [3.8, 4) is 0 Å². The number of nitrogens with one attached hydrogen (secondary N) is 2. The number of carbonyl (C=O) groups is 3. The highest BCUT2D eigenvalue weighted by molar-refractivity contribution is 5.86. The third-order valence-corrected chi connectivity index (χ3v) is 2.36. The van der Waals surface area contributed by atoms with E-state index in [9.17, 15) is 14.4 Å². The van der Waals surface area contributed by atoms with Gasteiger partial charge in [-0.25, -0.2) is 9.59 Å². The number of aliphatic carboxylic acids is 1. The Labute approximate surface area is 112 Å². The van der Waals surface area contributed by atoms with Crippen LogP contribution in [0.5, 0.6) is 0 Å². The van der Waals surface area contributed by atoms with Crippen molar-refractivity contribution < 1.29 is 24.2 Å². The minimum absolute atomic E-state index is 0.147. The van der Waals surface area contributed by atoms with Crippen LogP contribution in [0.15, 0.2) is 0 Å². The summed E-state index contributed by atoms with van der Waals surface area (Å²) in [5.41, 5.74) is 0. The number of carbonyl (C=O) groups excluding carboxylic acids is 2. The minimum atomic E-state index is -1.10. The molecule has 0 rings (SSSR count). The van der Waals surface area contributed by atoms with E-state index in [4.69, 9.17) is 9.84 Å². The number of carboxylic acid groups (broad SMARTS) is 1. The molecule has 0 saturated heterocycles. The molecule has 0 radical (unpaired) electrons. The average Bonchev–Trinajstić information content (AvgIpc) is 2.35. The summed E-state index contributed by atoms with van der Waals surface area (Å²) in [5.74, 6) is -1.44. The second-order valence-corrected chi connectivity index (χ2v) is 3.95. The van der Waals surface area contributed by atoms with Crippen molar-refractivity contribution in [1.29, 1.82) is 0 Å². The molecule has 0 aliphatic heterocycles. The number of nitrogens with zero attached hydrogens (tertiary/aromatic N) is 1. The zero-order valence-corrected chi connectivity index (χ0v) is 11.4. The first kappa shape index (κ1) is 17.2. The highest BCUT2D eigenvalue weighted by atomic mass is 16.5. The molecule has 3 N–H and O–H groups in total. The van der Waals surface area contributed by atoms with Crippen LogP contribution >= 0.6 is 0 Å². The molecular weight excluding hydrogens is 254 g/mol. The molecule has 0 saturated carbocycles. The fourth-order valence-electron chi connectivity index (χ4n) is 1.23. The van der Waals surface area contributed by atoms with Crippen LogP contribution in [-0.4, -0.2) is 67.8 Å². The van der Waals surface area contributed by atoms with Crippen LogP contribution in [0, 0.1) is 0 Å². The van der Waals surface area contributed by atoms with Crippen LogP contribution in [-0.2, 0) is 14.3 Å². The Morgan fingerprint density at radius 1 is 1.37 bits per heavy atom. The van der Waals surface area contributed by atoms with Gasteiger partial charge in [-0.05, 0) is 6.42 Å². The number of amides is 3. The van der Waals surface area contributed by atoms with E-state index in [1.54, 1.807) is 6.92 Å². The van der Waals surface area contributed by atoms with Crippen molar-refractivity contribution in [2.75, 3.05) is 33.9 Å². The van der Waals surface area contributed by atoms with Gasteiger partial charge in [0.05, 0.1) is 6.61 Å². The summed E-state index contributed by atoms with van der Waals surface area (Å²) < 4.78 is 4.77. The van der Waals surface area contributed by atoms with E-state index >= 15 is 0 Å². The lowest BCUT2D eigenvalue weighted by atomic mass is 10.2. The maximum atomic E-state index is 11.6. The molecule has 0 spiro atoms. The molecule has 0 heterocycles. The number of methoxy groups -OCH3 is 1. The predicted octanol–water partition coefficient (Wildman–Crippen LogP) is -0.746. The van der Waals surface area contributed by atoms with E-state index in [-0.39, 0.29) is 18.9 Å². The molecule has 0 bridgehead atoms. The van der Waals surface area contributed by atoms with Gasteiger partial charge >= 0.3 is 12.0 Å². The van der Waals surface area contributed by atoms with E-state index in [1.807, 2.05) is 0 Å². The summed E-state index contributed by atoms with van der Waals surface area (Å²) in [6.45, 7) is 2.25. The maximum Gasteiger partial charge on any atom is 0.326 e. The first-order valence-electron chi connectivity index (χ1n) is 5.92. The van der Waals surface area contributed by atoms with Gasteiger partial charge in [0.1, 0.15) is 12.6 Å². The van der Waals surface area contributed by atoms with Crippen molar-refractivity contribution in [2.45, 2.75) is 19.4 Å². The molecule has 19 heavy (non-hydrogen) atoms. The normalized spacial score (nSPS) is 11.5. The average molecular weight is 275 g/mol. The van der Waals surface area contributed by atoms with Gasteiger partial charge in [-0.3, -0.25) is 4.79 Å². The van der Waals surface area contributed by atoms with E-state index in [0.29, 0.717) is 13.2 Å². The summed E-state index contributed by atoms with van der Waals surface area (Å²) >= 11 is 0. The van der Waals surface area contributed by atoms with Crippen LogP contribution in [0.1, 0.15) is 13.3 Å².